The van der Waals surface area contributed by atoms with Gasteiger partial charge >= 0.3 is 0 Å². The number of amides is 1. The molecule has 0 saturated carbocycles. The van der Waals surface area contributed by atoms with Crippen molar-refractivity contribution in [3.05, 3.63) is 61.4 Å². The van der Waals surface area contributed by atoms with Gasteiger partial charge in [-0.1, -0.05) is 0 Å². The third kappa shape index (κ3) is 3.11. The van der Waals surface area contributed by atoms with Gasteiger partial charge in [0, 0.05) is 48.9 Å². The Morgan fingerprint density at radius 3 is 2.83 bits per heavy atom. The lowest BCUT2D eigenvalue weighted by molar-refractivity contribution is 0.0946. The molecular formula is C15H15N5O3S. The van der Waals surface area contributed by atoms with Gasteiger partial charge in [-0.2, -0.15) is 5.10 Å². The third-order valence-corrected chi connectivity index (χ3v) is 4.34. The zero-order chi connectivity index (χ0) is 17.3. The molecule has 124 valence electrons. The number of aromatic nitrogens is 4. The number of aryl methyl sites for hydroxylation is 2. The summed E-state index contributed by atoms with van der Waals surface area (Å²) in [6.07, 6.45) is 0.488. The summed E-state index contributed by atoms with van der Waals surface area (Å²) in [4.78, 5) is 40.3. The van der Waals surface area contributed by atoms with E-state index in [0.717, 1.165) is 10.4 Å². The van der Waals surface area contributed by atoms with Crippen LogP contribution in [0.4, 0.5) is 0 Å². The molecule has 3 aromatic rings. The predicted octanol–water partition coefficient (Wildman–Crippen LogP) is 0.131. The van der Waals surface area contributed by atoms with Gasteiger partial charge in [-0.15, -0.1) is 11.3 Å². The van der Waals surface area contributed by atoms with Crippen LogP contribution in [0.2, 0.25) is 0 Å². The van der Waals surface area contributed by atoms with Gasteiger partial charge in [0.2, 0.25) is 0 Å². The lowest BCUT2D eigenvalue weighted by atomic mass is 10.3. The molecule has 0 spiro atoms. The molecule has 9 heteroatoms. The molecule has 0 saturated heterocycles. The molecule has 8 nitrogen and oxygen atoms in total. The normalized spacial score (nSPS) is 10.9. The number of hydrogen-bond acceptors (Lipinski definition) is 6. The number of carbonyl (C=O) groups excluding carboxylic acids is 1. The topological polar surface area (TPSA) is 98.4 Å². The molecule has 3 heterocycles. The monoisotopic (exact) mass is 345 g/mol. The highest BCUT2D eigenvalue weighted by Crippen LogP contribution is 2.12. The van der Waals surface area contributed by atoms with E-state index in [9.17, 15) is 14.4 Å². The number of fused-ring (bicyclic) bond motifs is 1. The SMILES string of the molecule is Cc1cc(=O)n2c(CCNC(=O)c3ccc(=O)n(C)n3)csc2n1. The minimum Gasteiger partial charge on any atom is -0.350 e. The number of rotatable bonds is 4. The van der Waals surface area contributed by atoms with Crippen LogP contribution in [0.1, 0.15) is 21.9 Å². The predicted molar refractivity (Wildman–Crippen MR) is 89.6 cm³/mol. The summed E-state index contributed by atoms with van der Waals surface area (Å²) < 4.78 is 2.66. The number of nitrogens with zero attached hydrogens (tertiary/aromatic N) is 4. The second kappa shape index (κ2) is 6.36. The van der Waals surface area contributed by atoms with Crippen LogP contribution in [0.3, 0.4) is 0 Å². The smallest absolute Gasteiger partial charge is 0.271 e. The van der Waals surface area contributed by atoms with Crippen molar-refractivity contribution in [2.45, 2.75) is 13.3 Å². The maximum Gasteiger partial charge on any atom is 0.271 e. The van der Waals surface area contributed by atoms with Crippen LogP contribution < -0.4 is 16.4 Å². The Labute approximate surface area is 140 Å². The average molecular weight is 345 g/mol. The van der Waals surface area contributed by atoms with Crippen LogP contribution in [0.25, 0.3) is 4.96 Å². The van der Waals surface area contributed by atoms with Crippen molar-refractivity contribution in [2.24, 2.45) is 7.05 Å². The summed E-state index contributed by atoms with van der Waals surface area (Å²) in [7, 11) is 1.48. The first kappa shape index (κ1) is 16.1. The zero-order valence-corrected chi connectivity index (χ0v) is 14.0. The first-order valence-electron chi connectivity index (χ1n) is 7.25. The Bertz CT molecular complexity index is 1030. The average Bonchev–Trinajstić information content (AvgIpc) is 2.93. The standard InChI is InChI=1S/C15H15N5O3S/c1-9-7-13(22)20-10(8-24-15(20)17-9)5-6-16-14(23)11-3-4-12(21)19(2)18-11/h3-4,7-8H,5-6H2,1-2H3,(H,16,23). The van der Waals surface area contributed by atoms with Crippen LogP contribution in [-0.4, -0.2) is 31.6 Å². The quantitative estimate of drug-likeness (QED) is 0.725. The zero-order valence-electron chi connectivity index (χ0n) is 13.1. The Morgan fingerprint density at radius 2 is 2.08 bits per heavy atom. The molecule has 1 N–H and O–H groups in total. The van der Waals surface area contributed by atoms with E-state index in [0.29, 0.717) is 23.6 Å². The highest BCUT2D eigenvalue weighted by atomic mass is 32.1. The van der Waals surface area contributed by atoms with E-state index in [1.807, 2.05) is 5.38 Å². The lowest BCUT2D eigenvalue weighted by Gasteiger charge is -2.05. The van der Waals surface area contributed by atoms with Crippen LogP contribution in [0, 0.1) is 6.92 Å². The molecule has 3 aromatic heterocycles. The molecule has 0 radical (unpaired) electrons. The van der Waals surface area contributed by atoms with Gasteiger partial charge in [0.1, 0.15) is 5.69 Å². The lowest BCUT2D eigenvalue weighted by Crippen LogP contribution is -2.30. The second-order valence-electron chi connectivity index (χ2n) is 5.27. The highest BCUT2D eigenvalue weighted by molar-refractivity contribution is 7.15. The Kier molecular flexibility index (Phi) is 4.26. The van der Waals surface area contributed by atoms with Gasteiger partial charge in [0.25, 0.3) is 17.0 Å². The first-order valence-corrected chi connectivity index (χ1v) is 8.13. The number of hydrogen-bond donors (Lipinski definition) is 1. The summed E-state index contributed by atoms with van der Waals surface area (Å²) in [5.41, 5.74) is 1.24. The van der Waals surface area contributed by atoms with E-state index >= 15 is 0 Å². The first-order chi connectivity index (χ1) is 11.5. The highest BCUT2D eigenvalue weighted by Gasteiger charge is 2.10. The summed E-state index contributed by atoms with van der Waals surface area (Å²) in [5, 5.41) is 8.48. The van der Waals surface area contributed by atoms with E-state index in [2.05, 4.69) is 15.4 Å². The van der Waals surface area contributed by atoms with Gasteiger partial charge in [0.05, 0.1) is 0 Å². The maximum absolute atomic E-state index is 12.1. The van der Waals surface area contributed by atoms with Gasteiger partial charge in [-0.3, -0.25) is 18.8 Å². The van der Waals surface area contributed by atoms with Crippen LogP contribution >= 0.6 is 11.3 Å². The number of nitrogens with one attached hydrogen (secondary N) is 1. The van der Waals surface area contributed by atoms with Crippen molar-refractivity contribution in [1.82, 2.24) is 24.5 Å². The number of thiazole rings is 1. The molecule has 0 aliphatic heterocycles. The Morgan fingerprint density at radius 1 is 1.29 bits per heavy atom. The molecule has 0 aliphatic carbocycles. The molecular weight excluding hydrogens is 330 g/mol. The van der Waals surface area contributed by atoms with Crippen LogP contribution in [0.15, 0.2) is 33.2 Å². The second-order valence-corrected chi connectivity index (χ2v) is 6.10. The van der Waals surface area contributed by atoms with Crippen molar-refractivity contribution in [2.75, 3.05) is 6.54 Å². The van der Waals surface area contributed by atoms with E-state index in [-0.39, 0.29) is 22.7 Å². The molecule has 0 fully saturated rings. The van der Waals surface area contributed by atoms with Gasteiger partial charge < -0.3 is 5.32 Å². The van der Waals surface area contributed by atoms with Crippen LogP contribution in [-0.2, 0) is 13.5 Å². The molecule has 0 aliphatic rings. The molecule has 0 atom stereocenters. The van der Waals surface area contributed by atoms with Crippen molar-refractivity contribution in [3.63, 3.8) is 0 Å². The summed E-state index contributed by atoms with van der Waals surface area (Å²) in [6, 6.07) is 4.16. The maximum atomic E-state index is 12.1. The summed E-state index contributed by atoms with van der Waals surface area (Å²) in [6.45, 7) is 2.12. The minimum absolute atomic E-state index is 0.125. The molecule has 0 unspecified atom stereocenters. The van der Waals surface area contributed by atoms with Crippen molar-refractivity contribution in [3.8, 4) is 0 Å². The van der Waals surface area contributed by atoms with Gasteiger partial charge in [-0.05, 0) is 13.0 Å². The summed E-state index contributed by atoms with van der Waals surface area (Å²) in [5.74, 6) is -0.369. The molecule has 0 bridgehead atoms. The van der Waals surface area contributed by atoms with Gasteiger partial charge in [0.15, 0.2) is 4.96 Å². The molecule has 0 aromatic carbocycles. The van der Waals surface area contributed by atoms with Crippen molar-refractivity contribution >= 4 is 22.2 Å². The summed E-state index contributed by atoms with van der Waals surface area (Å²) >= 11 is 1.39. The molecule has 3 rings (SSSR count). The van der Waals surface area contributed by atoms with E-state index in [1.54, 1.807) is 11.3 Å². The Hall–Kier alpha value is -2.81. The molecule has 24 heavy (non-hydrogen) atoms. The largest absolute Gasteiger partial charge is 0.350 e. The fourth-order valence-corrected chi connectivity index (χ4v) is 3.25. The van der Waals surface area contributed by atoms with E-state index in [4.69, 9.17) is 0 Å². The molecule has 1 amide bonds. The minimum atomic E-state index is -0.369. The Balaban J connectivity index is 1.70. The fraction of sp³-hybridized carbons (Fsp3) is 0.267. The third-order valence-electron chi connectivity index (χ3n) is 3.46. The van der Waals surface area contributed by atoms with Crippen LogP contribution in [0.5, 0.6) is 0 Å². The number of carbonyl (C=O) groups is 1. The van der Waals surface area contributed by atoms with Crippen molar-refractivity contribution in [1.29, 1.82) is 0 Å². The van der Waals surface area contributed by atoms with E-state index < -0.39 is 0 Å². The van der Waals surface area contributed by atoms with Crippen molar-refractivity contribution < 1.29 is 4.79 Å². The van der Waals surface area contributed by atoms with E-state index in [1.165, 1.54) is 36.6 Å². The van der Waals surface area contributed by atoms with Gasteiger partial charge in [-0.25, -0.2) is 9.67 Å². The fourth-order valence-electron chi connectivity index (χ4n) is 2.28.